The molecule has 1 aromatic carbocycles. The summed E-state index contributed by atoms with van der Waals surface area (Å²) in [4.78, 5) is 0. The van der Waals surface area contributed by atoms with E-state index in [0.717, 1.165) is 16.9 Å². The minimum Gasteiger partial charge on any atom is -0.438 e. The number of hydrogen-bond donors (Lipinski definition) is 1. The van der Waals surface area contributed by atoms with Crippen LogP contribution in [0.15, 0.2) is 30.3 Å². The van der Waals surface area contributed by atoms with Crippen molar-refractivity contribution in [3.8, 4) is 11.6 Å². The number of rotatable bonds is 2. The van der Waals surface area contributed by atoms with Crippen molar-refractivity contribution in [3.63, 3.8) is 0 Å². The van der Waals surface area contributed by atoms with Crippen LogP contribution in [-0.2, 0) is 0 Å². The van der Waals surface area contributed by atoms with E-state index in [1.807, 2.05) is 26.0 Å². The molecule has 0 aliphatic carbocycles. The summed E-state index contributed by atoms with van der Waals surface area (Å²) in [5.41, 5.74) is 7.74. The zero-order valence-corrected chi connectivity index (χ0v) is 9.27. The fraction of sp³-hybridized carbons (Fsp3) is 0.167. The number of nitrogens with zero attached hydrogens (tertiary/aromatic N) is 2. The molecule has 0 aliphatic heterocycles. The van der Waals surface area contributed by atoms with Crippen LogP contribution in [0, 0.1) is 13.8 Å². The highest BCUT2D eigenvalue weighted by Crippen LogP contribution is 2.21. The summed E-state index contributed by atoms with van der Waals surface area (Å²) in [6.07, 6.45) is 0. The van der Waals surface area contributed by atoms with Crippen molar-refractivity contribution < 1.29 is 4.74 Å². The fourth-order valence-corrected chi connectivity index (χ4v) is 1.50. The summed E-state index contributed by atoms with van der Waals surface area (Å²) < 4.78 is 5.57. The normalized spacial score (nSPS) is 10.1. The molecule has 0 amide bonds. The van der Waals surface area contributed by atoms with Gasteiger partial charge in [0.2, 0.25) is 5.88 Å². The van der Waals surface area contributed by atoms with E-state index in [0.29, 0.717) is 11.7 Å². The molecule has 82 valence electrons. The maximum absolute atomic E-state index is 5.57. The van der Waals surface area contributed by atoms with Crippen LogP contribution in [0.1, 0.15) is 11.1 Å². The van der Waals surface area contributed by atoms with Crippen LogP contribution in [0.2, 0.25) is 0 Å². The van der Waals surface area contributed by atoms with Gasteiger partial charge in [-0.05, 0) is 43.2 Å². The standard InChI is InChI=1S/C12H13N3O/c1-8-5-9(2)7-10(6-8)16-12-4-3-11(13)14-15-12/h3-7H,1-2H3,(H2,13,14). The Morgan fingerprint density at radius 3 is 2.25 bits per heavy atom. The third-order valence-corrected chi connectivity index (χ3v) is 2.08. The molecule has 0 bridgehead atoms. The summed E-state index contributed by atoms with van der Waals surface area (Å²) in [6.45, 7) is 4.04. The Kier molecular flexibility index (Phi) is 2.72. The van der Waals surface area contributed by atoms with Gasteiger partial charge in [-0.15, -0.1) is 10.2 Å². The van der Waals surface area contributed by atoms with Gasteiger partial charge in [0.1, 0.15) is 11.6 Å². The first kappa shape index (κ1) is 10.4. The molecule has 16 heavy (non-hydrogen) atoms. The molecular weight excluding hydrogens is 202 g/mol. The van der Waals surface area contributed by atoms with Crippen molar-refractivity contribution >= 4 is 5.82 Å². The molecular formula is C12H13N3O. The van der Waals surface area contributed by atoms with Crippen molar-refractivity contribution in [3.05, 3.63) is 41.5 Å². The van der Waals surface area contributed by atoms with Gasteiger partial charge in [0, 0.05) is 6.07 Å². The predicted octanol–water partition coefficient (Wildman–Crippen LogP) is 2.47. The van der Waals surface area contributed by atoms with Gasteiger partial charge >= 0.3 is 0 Å². The molecule has 4 nitrogen and oxygen atoms in total. The molecule has 0 saturated carbocycles. The molecule has 1 aromatic heterocycles. The van der Waals surface area contributed by atoms with Crippen LogP contribution in [0.4, 0.5) is 5.82 Å². The molecule has 0 fully saturated rings. The minimum absolute atomic E-state index is 0.382. The largest absolute Gasteiger partial charge is 0.438 e. The van der Waals surface area contributed by atoms with Gasteiger partial charge in [0.25, 0.3) is 0 Å². The van der Waals surface area contributed by atoms with Gasteiger partial charge in [0.05, 0.1) is 0 Å². The Balaban J connectivity index is 2.23. The Bertz CT molecular complexity index is 474. The van der Waals surface area contributed by atoms with E-state index in [9.17, 15) is 0 Å². The average molecular weight is 215 g/mol. The van der Waals surface area contributed by atoms with E-state index in [1.165, 1.54) is 0 Å². The van der Waals surface area contributed by atoms with Gasteiger partial charge in [-0.2, -0.15) is 0 Å². The van der Waals surface area contributed by atoms with Gasteiger partial charge in [0.15, 0.2) is 0 Å². The third-order valence-electron chi connectivity index (χ3n) is 2.08. The van der Waals surface area contributed by atoms with E-state index in [4.69, 9.17) is 10.5 Å². The van der Waals surface area contributed by atoms with E-state index < -0.39 is 0 Å². The van der Waals surface area contributed by atoms with E-state index in [2.05, 4.69) is 16.3 Å². The van der Waals surface area contributed by atoms with E-state index in [1.54, 1.807) is 12.1 Å². The summed E-state index contributed by atoms with van der Waals surface area (Å²) in [7, 11) is 0. The first-order valence-corrected chi connectivity index (χ1v) is 4.99. The monoisotopic (exact) mass is 215 g/mol. The van der Waals surface area contributed by atoms with E-state index in [-0.39, 0.29) is 0 Å². The fourth-order valence-electron chi connectivity index (χ4n) is 1.50. The summed E-state index contributed by atoms with van der Waals surface area (Å²) >= 11 is 0. The van der Waals surface area contributed by atoms with Crippen molar-refractivity contribution in [2.75, 3.05) is 5.73 Å². The highest BCUT2D eigenvalue weighted by molar-refractivity contribution is 5.36. The van der Waals surface area contributed by atoms with Crippen LogP contribution < -0.4 is 10.5 Å². The lowest BCUT2D eigenvalue weighted by Gasteiger charge is -2.06. The number of benzene rings is 1. The number of hydrogen-bond acceptors (Lipinski definition) is 4. The maximum Gasteiger partial charge on any atom is 0.238 e. The van der Waals surface area contributed by atoms with Crippen molar-refractivity contribution in [1.29, 1.82) is 0 Å². The zero-order chi connectivity index (χ0) is 11.5. The molecule has 2 aromatic rings. The molecule has 0 saturated heterocycles. The first-order valence-electron chi connectivity index (χ1n) is 4.99. The molecule has 0 aliphatic rings. The number of aryl methyl sites for hydroxylation is 2. The second-order valence-corrected chi connectivity index (χ2v) is 3.72. The quantitative estimate of drug-likeness (QED) is 0.835. The van der Waals surface area contributed by atoms with Gasteiger partial charge in [-0.25, -0.2) is 0 Å². The maximum atomic E-state index is 5.57. The number of anilines is 1. The van der Waals surface area contributed by atoms with E-state index >= 15 is 0 Å². The number of aromatic nitrogens is 2. The average Bonchev–Trinajstić information content (AvgIpc) is 2.20. The SMILES string of the molecule is Cc1cc(C)cc(Oc2ccc(N)nn2)c1. The van der Waals surface area contributed by atoms with Crippen LogP contribution in [0.3, 0.4) is 0 Å². The molecule has 0 spiro atoms. The third kappa shape index (κ3) is 2.48. The summed E-state index contributed by atoms with van der Waals surface area (Å²) in [5.74, 6) is 1.59. The molecule has 1 heterocycles. The Hall–Kier alpha value is -2.10. The molecule has 4 heteroatoms. The molecule has 0 atom stereocenters. The van der Waals surface area contributed by atoms with Gasteiger partial charge in [-0.3, -0.25) is 0 Å². The van der Waals surface area contributed by atoms with Gasteiger partial charge in [-0.1, -0.05) is 6.07 Å². The molecule has 0 radical (unpaired) electrons. The molecule has 0 unspecified atom stereocenters. The second-order valence-electron chi connectivity index (χ2n) is 3.72. The lowest BCUT2D eigenvalue weighted by Crippen LogP contribution is -1.95. The topological polar surface area (TPSA) is 61.0 Å². The number of nitrogen functional groups attached to an aromatic ring is 1. The van der Waals surface area contributed by atoms with Crippen LogP contribution in [0.25, 0.3) is 0 Å². The summed E-state index contributed by atoms with van der Waals surface area (Å²) in [5, 5.41) is 7.56. The first-order chi connectivity index (χ1) is 7.63. The Labute approximate surface area is 94.1 Å². The minimum atomic E-state index is 0.382. The Morgan fingerprint density at radius 2 is 1.69 bits per heavy atom. The van der Waals surface area contributed by atoms with Crippen LogP contribution in [-0.4, -0.2) is 10.2 Å². The van der Waals surface area contributed by atoms with Crippen LogP contribution in [0.5, 0.6) is 11.6 Å². The summed E-state index contributed by atoms with van der Waals surface area (Å²) in [6, 6.07) is 9.34. The number of nitrogens with two attached hydrogens (primary N) is 1. The Morgan fingerprint density at radius 1 is 1.00 bits per heavy atom. The second kappa shape index (κ2) is 4.18. The lowest BCUT2D eigenvalue weighted by atomic mass is 10.1. The lowest BCUT2D eigenvalue weighted by molar-refractivity contribution is 0.455. The molecule has 2 N–H and O–H groups in total. The highest BCUT2D eigenvalue weighted by Gasteiger charge is 2.00. The van der Waals surface area contributed by atoms with Gasteiger partial charge < -0.3 is 10.5 Å². The van der Waals surface area contributed by atoms with Crippen molar-refractivity contribution in [2.24, 2.45) is 0 Å². The smallest absolute Gasteiger partial charge is 0.238 e. The number of ether oxygens (including phenoxy) is 1. The predicted molar refractivity (Wildman–Crippen MR) is 62.4 cm³/mol. The highest BCUT2D eigenvalue weighted by atomic mass is 16.5. The van der Waals surface area contributed by atoms with Crippen LogP contribution >= 0.6 is 0 Å². The zero-order valence-electron chi connectivity index (χ0n) is 9.27. The van der Waals surface area contributed by atoms with Crippen molar-refractivity contribution in [1.82, 2.24) is 10.2 Å². The van der Waals surface area contributed by atoms with Crippen molar-refractivity contribution in [2.45, 2.75) is 13.8 Å². The molecule has 2 rings (SSSR count).